The normalized spacial score (nSPS) is 17.8. The van der Waals surface area contributed by atoms with Crippen LogP contribution >= 0.6 is 0 Å². The Balaban J connectivity index is 1.70. The van der Waals surface area contributed by atoms with Gasteiger partial charge in [0, 0.05) is 38.6 Å². The second kappa shape index (κ2) is 7.03. The van der Waals surface area contributed by atoms with Crippen molar-refractivity contribution in [3.63, 3.8) is 0 Å². The molecule has 0 unspecified atom stereocenters. The zero-order chi connectivity index (χ0) is 12.6. The molecule has 100 valence electrons. The Labute approximate surface area is 109 Å². The van der Waals surface area contributed by atoms with Gasteiger partial charge in [0.05, 0.1) is 6.33 Å². The van der Waals surface area contributed by atoms with Crippen LogP contribution in [-0.2, 0) is 6.54 Å². The summed E-state index contributed by atoms with van der Waals surface area (Å²) in [5, 5.41) is 0. The highest BCUT2D eigenvalue weighted by molar-refractivity contribution is 5.78. The number of nitrogens with two attached hydrogens (primary N) is 1. The van der Waals surface area contributed by atoms with Crippen LogP contribution in [0.15, 0.2) is 23.7 Å². The highest BCUT2D eigenvalue weighted by Crippen LogP contribution is 2.09. The van der Waals surface area contributed by atoms with Crippen molar-refractivity contribution in [1.82, 2.24) is 14.5 Å². The van der Waals surface area contributed by atoms with Gasteiger partial charge in [0.25, 0.3) is 0 Å². The number of guanidine groups is 1. The van der Waals surface area contributed by atoms with Gasteiger partial charge in [-0.2, -0.15) is 0 Å². The molecule has 2 rings (SSSR count). The van der Waals surface area contributed by atoms with E-state index >= 15 is 0 Å². The van der Waals surface area contributed by atoms with Gasteiger partial charge >= 0.3 is 0 Å². The van der Waals surface area contributed by atoms with Crippen LogP contribution in [0.5, 0.6) is 0 Å². The fourth-order valence-corrected chi connectivity index (χ4v) is 2.27. The third-order valence-electron chi connectivity index (χ3n) is 3.34. The molecule has 0 atom stereocenters. The first kappa shape index (κ1) is 12.9. The van der Waals surface area contributed by atoms with Crippen LogP contribution in [0.25, 0.3) is 0 Å². The lowest BCUT2D eigenvalue weighted by atomic mass is 10.2. The van der Waals surface area contributed by atoms with Gasteiger partial charge in [-0.3, -0.25) is 4.99 Å². The van der Waals surface area contributed by atoms with E-state index in [-0.39, 0.29) is 0 Å². The Kier molecular flexibility index (Phi) is 5.05. The van der Waals surface area contributed by atoms with Gasteiger partial charge in [-0.25, -0.2) is 4.98 Å². The summed E-state index contributed by atoms with van der Waals surface area (Å²) in [6, 6.07) is 0. The SMILES string of the molecule is NC(=NCCCn1ccnc1)N1CCCCCC1. The lowest BCUT2D eigenvalue weighted by Crippen LogP contribution is -2.38. The second-order valence-electron chi connectivity index (χ2n) is 4.80. The molecule has 2 N–H and O–H groups in total. The first-order valence-electron chi connectivity index (χ1n) is 6.87. The minimum Gasteiger partial charge on any atom is -0.370 e. The van der Waals surface area contributed by atoms with Gasteiger partial charge in [-0.15, -0.1) is 0 Å². The molecule has 5 nitrogen and oxygen atoms in total. The molecule has 1 fully saturated rings. The minimum absolute atomic E-state index is 0.725. The van der Waals surface area contributed by atoms with E-state index in [2.05, 4.69) is 19.4 Å². The number of nitrogens with zero attached hydrogens (tertiary/aromatic N) is 4. The number of aromatic nitrogens is 2. The molecule has 18 heavy (non-hydrogen) atoms. The summed E-state index contributed by atoms with van der Waals surface area (Å²) in [7, 11) is 0. The molecule has 1 aliphatic rings. The van der Waals surface area contributed by atoms with E-state index in [1.807, 2.05) is 12.5 Å². The molecular weight excluding hydrogens is 226 g/mol. The summed E-state index contributed by atoms with van der Waals surface area (Å²) in [6.45, 7) is 3.88. The van der Waals surface area contributed by atoms with Crippen LogP contribution < -0.4 is 5.73 Å². The van der Waals surface area contributed by atoms with E-state index in [0.29, 0.717) is 0 Å². The number of imidazole rings is 1. The van der Waals surface area contributed by atoms with Crippen LogP contribution in [0.2, 0.25) is 0 Å². The number of hydrogen-bond acceptors (Lipinski definition) is 2. The van der Waals surface area contributed by atoms with E-state index < -0.39 is 0 Å². The van der Waals surface area contributed by atoms with Crippen molar-refractivity contribution in [3.05, 3.63) is 18.7 Å². The van der Waals surface area contributed by atoms with Crippen molar-refractivity contribution < 1.29 is 0 Å². The lowest BCUT2D eigenvalue weighted by molar-refractivity contribution is 0.428. The number of hydrogen-bond donors (Lipinski definition) is 1. The van der Waals surface area contributed by atoms with E-state index in [1.165, 1.54) is 25.7 Å². The van der Waals surface area contributed by atoms with Crippen LogP contribution in [0.4, 0.5) is 0 Å². The molecular formula is C13H23N5. The Hall–Kier alpha value is -1.52. The molecule has 0 saturated carbocycles. The van der Waals surface area contributed by atoms with Crippen LogP contribution in [-0.4, -0.2) is 40.0 Å². The molecule has 0 aromatic carbocycles. The third-order valence-corrected chi connectivity index (χ3v) is 3.34. The summed E-state index contributed by atoms with van der Waals surface area (Å²) in [5.74, 6) is 0.725. The molecule has 1 aliphatic heterocycles. The van der Waals surface area contributed by atoms with E-state index in [1.54, 1.807) is 6.20 Å². The zero-order valence-corrected chi connectivity index (χ0v) is 11.0. The standard InChI is InChI=1S/C13H23N5/c14-13(18-9-3-1-2-4-10-18)16-6-5-8-17-11-7-15-12-17/h7,11-12H,1-6,8-10H2,(H2,14,16). The highest BCUT2D eigenvalue weighted by Gasteiger charge is 2.10. The molecule has 0 amide bonds. The first-order chi connectivity index (χ1) is 8.86. The Morgan fingerprint density at radius 3 is 2.67 bits per heavy atom. The van der Waals surface area contributed by atoms with Crippen LogP contribution in [0.3, 0.4) is 0 Å². The summed E-state index contributed by atoms with van der Waals surface area (Å²) >= 11 is 0. The topological polar surface area (TPSA) is 59.4 Å². The molecule has 0 bridgehead atoms. The molecule has 0 radical (unpaired) electrons. The summed E-state index contributed by atoms with van der Waals surface area (Å²) in [4.78, 5) is 10.7. The quantitative estimate of drug-likeness (QED) is 0.499. The van der Waals surface area contributed by atoms with Gasteiger partial charge < -0.3 is 15.2 Å². The van der Waals surface area contributed by atoms with Crippen LogP contribution in [0, 0.1) is 0 Å². The smallest absolute Gasteiger partial charge is 0.191 e. The number of aliphatic imine (C=N–C) groups is 1. The average Bonchev–Trinajstić information content (AvgIpc) is 2.74. The van der Waals surface area contributed by atoms with Gasteiger partial charge in [-0.05, 0) is 19.3 Å². The average molecular weight is 249 g/mol. The highest BCUT2D eigenvalue weighted by atomic mass is 15.2. The van der Waals surface area contributed by atoms with Crippen molar-refractivity contribution in [1.29, 1.82) is 0 Å². The van der Waals surface area contributed by atoms with Gasteiger partial charge in [0.2, 0.25) is 0 Å². The molecule has 2 heterocycles. The molecule has 1 saturated heterocycles. The molecule has 0 spiro atoms. The van der Waals surface area contributed by atoms with Crippen molar-refractivity contribution >= 4 is 5.96 Å². The maximum absolute atomic E-state index is 6.03. The summed E-state index contributed by atoms with van der Waals surface area (Å²) < 4.78 is 2.07. The largest absolute Gasteiger partial charge is 0.370 e. The predicted molar refractivity (Wildman–Crippen MR) is 73.4 cm³/mol. The van der Waals surface area contributed by atoms with Gasteiger partial charge in [-0.1, -0.05) is 12.8 Å². The van der Waals surface area contributed by atoms with Crippen molar-refractivity contribution in [2.24, 2.45) is 10.7 Å². The maximum Gasteiger partial charge on any atom is 0.191 e. The minimum atomic E-state index is 0.725. The summed E-state index contributed by atoms with van der Waals surface area (Å²) in [5.41, 5.74) is 6.03. The van der Waals surface area contributed by atoms with Crippen molar-refractivity contribution in [2.45, 2.75) is 38.6 Å². The van der Waals surface area contributed by atoms with E-state index in [4.69, 9.17) is 5.73 Å². The van der Waals surface area contributed by atoms with E-state index in [0.717, 1.165) is 38.6 Å². The molecule has 0 aliphatic carbocycles. The van der Waals surface area contributed by atoms with Crippen molar-refractivity contribution in [3.8, 4) is 0 Å². The van der Waals surface area contributed by atoms with Crippen molar-refractivity contribution in [2.75, 3.05) is 19.6 Å². The Bertz CT molecular complexity index is 349. The zero-order valence-electron chi connectivity index (χ0n) is 11.0. The van der Waals surface area contributed by atoms with Gasteiger partial charge in [0.1, 0.15) is 0 Å². The molecule has 1 aromatic rings. The van der Waals surface area contributed by atoms with Gasteiger partial charge in [0.15, 0.2) is 5.96 Å². The fourth-order valence-electron chi connectivity index (χ4n) is 2.27. The number of aryl methyl sites for hydroxylation is 1. The monoisotopic (exact) mass is 249 g/mol. The van der Waals surface area contributed by atoms with Crippen LogP contribution in [0.1, 0.15) is 32.1 Å². The van der Waals surface area contributed by atoms with E-state index in [9.17, 15) is 0 Å². The lowest BCUT2D eigenvalue weighted by Gasteiger charge is -2.21. The third kappa shape index (κ3) is 4.05. The molecule has 5 heteroatoms. The predicted octanol–water partition coefficient (Wildman–Crippen LogP) is 1.46. The number of likely N-dealkylation sites (tertiary alicyclic amines) is 1. The Morgan fingerprint density at radius 2 is 2.00 bits per heavy atom. The Morgan fingerprint density at radius 1 is 1.22 bits per heavy atom. The maximum atomic E-state index is 6.03. The number of rotatable bonds is 4. The second-order valence-corrected chi connectivity index (χ2v) is 4.80. The summed E-state index contributed by atoms with van der Waals surface area (Å²) in [6.07, 6.45) is 11.7. The fraction of sp³-hybridized carbons (Fsp3) is 0.692. The molecule has 1 aromatic heterocycles. The first-order valence-corrected chi connectivity index (χ1v) is 6.87.